The summed E-state index contributed by atoms with van der Waals surface area (Å²) in [5.41, 5.74) is 8.74. The van der Waals surface area contributed by atoms with Gasteiger partial charge in [0.05, 0.1) is 0 Å². The molecule has 0 radical (unpaired) electrons. The lowest BCUT2D eigenvalue weighted by Crippen LogP contribution is -2.07. The van der Waals surface area contributed by atoms with E-state index >= 15 is 0 Å². The third-order valence-corrected chi connectivity index (χ3v) is 5.40. The number of aryl methyl sites for hydroxylation is 2. The van der Waals surface area contributed by atoms with Crippen LogP contribution in [0.4, 0.5) is 0 Å². The van der Waals surface area contributed by atoms with E-state index in [-0.39, 0.29) is 0 Å². The Balaban J connectivity index is 2.46. The molecule has 0 bridgehead atoms. The van der Waals surface area contributed by atoms with Crippen molar-refractivity contribution in [3.05, 3.63) is 69.8 Å². The van der Waals surface area contributed by atoms with Crippen molar-refractivity contribution in [2.45, 2.75) is 52.9 Å². The number of benzene rings is 2. The molecule has 1 unspecified atom stereocenters. The van der Waals surface area contributed by atoms with Gasteiger partial charge in [-0.2, -0.15) is 0 Å². The first-order valence-electron chi connectivity index (χ1n) is 8.38. The molecule has 0 aliphatic heterocycles. The summed E-state index contributed by atoms with van der Waals surface area (Å²) in [6, 6.07) is 13.5. The van der Waals surface area contributed by atoms with Gasteiger partial charge < -0.3 is 0 Å². The molecule has 0 aliphatic rings. The molecule has 0 fully saturated rings. The van der Waals surface area contributed by atoms with Crippen LogP contribution >= 0.6 is 9.24 Å². The zero-order valence-electron chi connectivity index (χ0n) is 14.4. The molecule has 1 atom stereocenters. The topological polar surface area (TPSA) is 0 Å². The van der Waals surface area contributed by atoms with Crippen LogP contribution in [0.1, 0.15) is 58.6 Å². The molecular weight excluding hydrogens is 283 g/mol. The van der Waals surface area contributed by atoms with Crippen molar-refractivity contribution in [3.8, 4) is 0 Å². The second kappa shape index (κ2) is 7.93. The molecule has 0 spiro atoms. The zero-order valence-corrected chi connectivity index (χ0v) is 15.6. The van der Waals surface area contributed by atoms with Crippen LogP contribution in [0.2, 0.25) is 0 Å². The Hall–Kier alpha value is -1.13. The lowest BCUT2D eigenvalue weighted by Gasteiger charge is -2.23. The molecule has 0 N–H and O–H groups in total. The van der Waals surface area contributed by atoms with Gasteiger partial charge in [0.1, 0.15) is 0 Å². The molecule has 22 heavy (non-hydrogen) atoms. The summed E-state index contributed by atoms with van der Waals surface area (Å²) in [4.78, 5) is 0. The van der Waals surface area contributed by atoms with Gasteiger partial charge in [0, 0.05) is 5.92 Å². The first-order valence-corrected chi connectivity index (χ1v) is 9.20. The molecule has 118 valence electrons. The van der Waals surface area contributed by atoms with E-state index in [0.29, 0.717) is 5.92 Å². The van der Waals surface area contributed by atoms with Crippen LogP contribution < -0.4 is 0 Å². The van der Waals surface area contributed by atoms with Gasteiger partial charge in [-0.3, -0.25) is 0 Å². The predicted molar refractivity (Wildman–Crippen MR) is 102 cm³/mol. The van der Waals surface area contributed by atoms with E-state index < -0.39 is 0 Å². The van der Waals surface area contributed by atoms with Gasteiger partial charge in [0.2, 0.25) is 0 Å². The molecule has 2 aromatic carbocycles. The molecule has 0 nitrogen and oxygen atoms in total. The minimum atomic E-state index is 0.524. The van der Waals surface area contributed by atoms with E-state index in [1.807, 2.05) is 0 Å². The standard InChI is InChI=1S/C21H29P/c1-15-9-7-12-19(17(15)3)21(11-5-6-14-22)20-13-8-10-16(2)18(20)4/h7-10,12-13,21H,5-6,11,14,22H2,1-4H3. The highest BCUT2D eigenvalue weighted by Gasteiger charge is 2.19. The van der Waals surface area contributed by atoms with E-state index in [4.69, 9.17) is 0 Å². The Kier molecular flexibility index (Phi) is 6.21. The normalized spacial score (nSPS) is 11.2. The van der Waals surface area contributed by atoms with Gasteiger partial charge >= 0.3 is 0 Å². The van der Waals surface area contributed by atoms with Crippen molar-refractivity contribution in [2.24, 2.45) is 0 Å². The van der Waals surface area contributed by atoms with Gasteiger partial charge in [-0.05, 0) is 80.1 Å². The van der Waals surface area contributed by atoms with E-state index in [9.17, 15) is 0 Å². The smallest absolute Gasteiger partial charge is 0.00947 e. The number of hydrogen-bond donors (Lipinski definition) is 0. The highest BCUT2D eigenvalue weighted by molar-refractivity contribution is 7.16. The SMILES string of the molecule is Cc1cccc(C(CCCCP)c2cccc(C)c2C)c1C. The Bertz CT molecular complexity index is 576. The van der Waals surface area contributed by atoms with Crippen LogP contribution in [-0.2, 0) is 0 Å². The molecule has 0 heterocycles. The van der Waals surface area contributed by atoms with Crippen LogP contribution in [0, 0.1) is 27.7 Å². The second-order valence-electron chi connectivity index (χ2n) is 6.42. The van der Waals surface area contributed by atoms with Crippen LogP contribution in [0.5, 0.6) is 0 Å². The summed E-state index contributed by atoms with van der Waals surface area (Å²) in [5.74, 6) is 0.524. The lowest BCUT2D eigenvalue weighted by atomic mass is 9.81. The first-order chi connectivity index (χ1) is 10.6. The van der Waals surface area contributed by atoms with Crippen LogP contribution in [0.25, 0.3) is 0 Å². The Morgan fingerprint density at radius 1 is 0.773 bits per heavy atom. The minimum Gasteiger partial charge on any atom is -0.138 e. The van der Waals surface area contributed by atoms with E-state index in [0.717, 1.165) is 0 Å². The molecule has 0 saturated heterocycles. The molecule has 2 aromatic rings. The van der Waals surface area contributed by atoms with Crippen molar-refractivity contribution in [1.29, 1.82) is 0 Å². The summed E-state index contributed by atoms with van der Waals surface area (Å²) in [7, 11) is 2.85. The number of unbranched alkanes of at least 4 members (excludes halogenated alkanes) is 1. The second-order valence-corrected chi connectivity index (χ2v) is 6.99. The van der Waals surface area contributed by atoms with Crippen molar-refractivity contribution in [1.82, 2.24) is 0 Å². The third-order valence-electron chi connectivity index (χ3n) is 4.99. The molecule has 2 rings (SSSR count). The van der Waals surface area contributed by atoms with E-state index in [1.54, 1.807) is 0 Å². The molecular formula is C21H29P. The molecule has 0 aliphatic carbocycles. The Morgan fingerprint density at radius 2 is 1.27 bits per heavy atom. The fraction of sp³-hybridized carbons (Fsp3) is 0.429. The van der Waals surface area contributed by atoms with Crippen molar-refractivity contribution >= 4 is 9.24 Å². The summed E-state index contributed by atoms with van der Waals surface area (Å²) in [6.07, 6.45) is 5.02. The summed E-state index contributed by atoms with van der Waals surface area (Å²) < 4.78 is 0. The Labute approximate surface area is 138 Å². The van der Waals surface area contributed by atoms with Crippen molar-refractivity contribution in [3.63, 3.8) is 0 Å². The monoisotopic (exact) mass is 312 g/mol. The summed E-state index contributed by atoms with van der Waals surface area (Å²) in [5, 5.41) is 0. The van der Waals surface area contributed by atoms with Crippen molar-refractivity contribution < 1.29 is 0 Å². The fourth-order valence-electron chi connectivity index (χ4n) is 3.27. The van der Waals surface area contributed by atoms with Crippen LogP contribution in [-0.4, -0.2) is 6.16 Å². The van der Waals surface area contributed by atoms with E-state index in [1.165, 1.54) is 58.8 Å². The first kappa shape index (κ1) is 17.2. The maximum Gasteiger partial charge on any atom is 0.00947 e. The maximum absolute atomic E-state index is 2.85. The maximum atomic E-state index is 2.85. The number of rotatable bonds is 6. The van der Waals surface area contributed by atoms with Crippen LogP contribution in [0.3, 0.4) is 0 Å². The predicted octanol–water partition coefficient (Wildman–Crippen LogP) is 6.10. The van der Waals surface area contributed by atoms with Crippen LogP contribution in [0.15, 0.2) is 36.4 Å². The molecule has 1 heteroatoms. The molecule has 0 saturated carbocycles. The minimum absolute atomic E-state index is 0.524. The quantitative estimate of drug-likeness (QED) is 0.447. The lowest BCUT2D eigenvalue weighted by molar-refractivity contribution is 0.647. The van der Waals surface area contributed by atoms with Gasteiger partial charge in [-0.25, -0.2) is 0 Å². The van der Waals surface area contributed by atoms with Gasteiger partial charge in [0.15, 0.2) is 0 Å². The van der Waals surface area contributed by atoms with Gasteiger partial charge in [-0.1, -0.05) is 42.8 Å². The summed E-state index contributed by atoms with van der Waals surface area (Å²) in [6.45, 7) is 9.00. The Morgan fingerprint density at radius 3 is 1.73 bits per heavy atom. The highest BCUT2D eigenvalue weighted by atomic mass is 31.0. The zero-order chi connectivity index (χ0) is 16.1. The van der Waals surface area contributed by atoms with Crippen molar-refractivity contribution in [2.75, 3.05) is 6.16 Å². The van der Waals surface area contributed by atoms with Gasteiger partial charge in [0.25, 0.3) is 0 Å². The average molecular weight is 312 g/mol. The van der Waals surface area contributed by atoms with Gasteiger partial charge in [-0.15, -0.1) is 9.24 Å². The fourth-order valence-corrected chi connectivity index (χ4v) is 3.56. The third kappa shape index (κ3) is 3.79. The summed E-state index contributed by atoms with van der Waals surface area (Å²) >= 11 is 0. The molecule has 0 aromatic heterocycles. The molecule has 0 amide bonds. The average Bonchev–Trinajstić information content (AvgIpc) is 2.50. The van der Waals surface area contributed by atoms with E-state index in [2.05, 4.69) is 73.3 Å². The highest BCUT2D eigenvalue weighted by Crippen LogP contribution is 2.35. The largest absolute Gasteiger partial charge is 0.138 e. The number of hydrogen-bond acceptors (Lipinski definition) is 0.